The molecule has 0 saturated carbocycles. The number of hydrogen-bond donors (Lipinski definition) is 1. The maximum absolute atomic E-state index is 5.54. The van der Waals surface area contributed by atoms with Gasteiger partial charge in [0.15, 0.2) is 0 Å². The van der Waals surface area contributed by atoms with Crippen LogP contribution >= 0.6 is 0 Å². The number of anilines is 1. The summed E-state index contributed by atoms with van der Waals surface area (Å²) in [7, 11) is 0. The van der Waals surface area contributed by atoms with Crippen LogP contribution < -0.4 is 10.6 Å². The molecule has 1 aliphatic rings. The summed E-state index contributed by atoms with van der Waals surface area (Å²) in [6, 6.07) is 8.72. The fraction of sp³-hybridized carbons (Fsp3) is 0.500. The van der Waals surface area contributed by atoms with Gasteiger partial charge in [-0.3, -0.25) is 0 Å². The zero-order chi connectivity index (χ0) is 9.80. The van der Waals surface area contributed by atoms with Gasteiger partial charge in [-0.15, -0.1) is 0 Å². The third kappa shape index (κ3) is 1.90. The second-order valence-electron chi connectivity index (χ2n) is 3.86. The van der Waals surface area contributed by atoms with Gasteiger partial charge < -0.3 is 10.6 Å². The molecule has 0 spiro atoms. The molecule has 0 unspecified atom stereocenters. The average Bonchev–Trinajstić information content (AvgIpc) is 2.26. The van der Waals surface area contributed by atoms with Crippen LogP contribution in [0, 0.1) is 0 Å². The smallest absolute Gasteiger partial charge is 0.0398 e. The Morgan fingerprint density at radius 1 is 1.29 bits per heavy atom. The molecule has 2 nitrogen and oxygen atoms in total. The first-order valence-electron chi connectivity index (χ1n) is 5.45. The molecule has 2 N–H and O–H groups in total. The predicted octanol–water partition coefficient (Wildman–Crippen LogP) is 1.79. The zero-order valence-electron chi connectivity index (χ0n) is 8.58. The summed E-state index contributed by atoms with van der Waals surface area (Å²) < 4.78 is 0. The fourth-order valence-corrected chi connectivity index (χ4v) is 2.13. The van der Waals surface area contributed by atoms with E-state index in [-0.39, 0.29) is 0 Å². The Morgan fingerprint density at radius 2 is 2.14 bits per heavy atom. The minimum Gasteiger partial charge on any atom is -0.371 e. The van der Waals surface area contributed by atoms with Crippen molar-refractivity contribution >= 4 is 5.69 Å². The van der Waals surface area contributed by atoms with E-state index >= 15 is 0 Å². The Balaban J connectivity index is 2.14. The van der Waals surface area contributed by atoms with Gasteiger partial charge in [-0.05, 0) is 37.4 Å². The molecule has 2 rings (SSSR count). The van der Waals surface area contributed by atoms with Crippen LogP contribution in [0.15, 0.2) is 24.3 Å². The van der Waals surface area contributed by atoms with E-state index < -0.39 is 0 Å². The minimum atomic E-state index is 0.790. The third-order valence-corrected chi connectivity index (χ3v) is 2.84. The van der Waals surface area contributed by atoms with Crippen molar-refractivity contribution in [1.82, 2.24) is 0 Å². The van der Waals surface area contributed by atoms with E-state index in [9.17, 15) is 0 Å². The maximum Gasteiger partial charge on any atom is 0.0398 e. The number of aryl methyl sites for hydroxylation is 1. The first-order chi connectivity index (χ1) is 6.92. The Hall–Kier alpha value is -1.02. The molecule has 0 radical (unpaired) electrons. The van der Waals surface area contributed by atoms with Gasteiger partial charge in [0.2, 0.25) is 0 Å². The van der Waals surface area contributed by atoms with Crippen LogP contribution in [0.4, 0.5) is 5.69 Å². The lowest BCUT2D eigenvalue weighted by atomic mass is 10.0. The zero-order valence-corrected chi connectivity index (χ0v) is 8.58. The van der Waals surface area contributed by atoms with Gasteiger partial charge in [-0.2, -0.15) is 0 Å². The molecule has 0 fully saturated rings. The van der Waals surface area contributed by atoms with E-state index in [1.807, 2.05) is 0 Å². The highest BCUT2D eigenvalue weighted by Crippen LogP contribution is 2.26. The molecule has 1 aliphatic heterocycles. The molecule has 76 valence electrons. The van der Waals surface area contributed by atoms with Gasteiger partial charge in [-0.1, -0.05) is 18.2 Å². The van der Waals surface area contributed by atoms with Crippen LogP contribution in [-0.4, -0.2) is 19.6 Å². The number of nitrogens with zero attached hydrogens (tertiary/aromatic N) is 1. The molecule has 14 heavy (non-hydrogen) atoms. The summed E-state index contributed by atoms with van der Waals surface area (Å²) in [4.78, 5) is 2.46. The predicted molar refractivity (Wildman–Crippen MR) is 60.6 cm³/mol. The molecule has 2 heteroatoms. The van der Waals surface area contributed by atoms with Crippen molar-refractivity contribution in [3.8, 4) is 0 Å². The largest absolute Gasteiger partial charge is 0.371 e. The van der Waals surface area contributed by atoms with Crippen molar-refractivity contribution in [3.63, 3.8) is 0 Å². The molecule has 0 aromatic heterocycles. The highest BCUT2D eigenvalue weighted by Gasteiger charge is 2.14. The number of hydrogen-bond acceptors (Lipinski definition) is 2. The second kappa shape index (κ2) is 4.47. The summed E-state index contributed by atoms with van der Waals surface area (Å²) >= 11 is 0. The Bertz CT molecular complexity index is 296. The Morgan fingerprint density at radius 3 is 3.00 bits per heavy atom. The number of para-hydroxylation sites is 1. The van der Waals surface area contributed by atoms with Gasteiger partial charge in [0.05, 0.1) is 0 Å². The maximum atomic E-state index is 5.54. The molecule has 0 saturated heterocycles. The van der Waals surface area contributed by atoms with E-state index in [0.29, 0.717) is 0 Å². The SMILES string of the molecule is NCCCN1CCCc2ccccc21. The first kappa shape index (κ1) is 9.53. The Labute approximate surface area is 85.7 Å². The van der Waals surface area contributed by atoms with Crippen LogP contribution in [-0.2, 0) is 6.42 Å². The molecule has 0 aliphatic carbocycles. The lowest BCUT2D eigenvalue weighted by Gasteiger charge is -2.31. The fourth-order valence-electron chi connectivity index (χ4n) is 2.13. The number of benzene rings is 1. The van der Waals surface area contributed by atoms with Crippen molar-refractivity contribution in [2.75, 3.05) is 24.5 Å². The monoisotopic (exact) mass is 190 g/mol. The van der Waals surface area contributed by atoms with Gasteiger partial charge in [0.1, 0.15) is 0 Å². The van der Waals surface area contributed by atoms with Gasteiger partial charge >= 0.3 is 0 Å². The summed E-state index contributed by atoms with van der Waals surface area (Å²) in [5, 5.41) is 0. The van der Waals surface area contributed by atoms with Gasteiger partial charge in [-0.25, -0.2) is 0 Å². The molecule has 1 aromatic carbocycles. The van der Waals surface area contributed by atoms with E-state index in [1.165, 1.54) is 30.6 Å². The average molecular weight is 190 g/mol. The van der Waals surface area contributed by atoms with Gasteiger partial charge in [0, 0.05) is 18.8 Å². The summed E-state index contributed by atoms with van der Waals surface area (Å²) in [5.41, 5.74) is 8.46. The molecule has 1 heterocycles. The number of nitrogens with two attached hydrogens (primary N) is 1. The Kier molecular flexibility index (Phi) is 3.04. The highest BCUT2D eigenvalue weighted by molar-refractivity contribution is 5.55. The molecule has 0 bridgehead atoms. The van der Waals surface area contributed by atoms with Crippen molar-refractivity contribution in [2.45, 2.75) is 19.3 Å². The van der Waals surface area contributed by atoms with E-state index in [4.69, 9.17) is 5.73 Å². The van der Waals surface area contributed by atoms with Crippen LogP contribution in [0.3, 0.4) is 0 Å². The number of rotatable bonds is 3. The normalized spacial score (nSPS) is 15.4. The van der Waals surface area contributed by atoms with Crippen molar-refractivity contribution in [3.05, 3.63) is 29.8 Å². The summed E-state index contributed by atoms with van der Waals surface area (Å²) in [5.74, 6) is 0. The molecular formula is C12H18N2. The van der Waals surface area contributed by atoms with Crippen LogP contribution in [0.25, 0.3) is 0 Å². The molecular weight excluding hydrogens is 172 g/mol. The summed E-state index contributed by atoms with van der Waals surface area (Å²) in [6.45, 7) is 3.09. The van der Waals surface area contributed by atoms with Crippen LogP contribution in [0.1, 0.15) is 18.4 Å². The molecule has 0 atom stereocenters. The topological polar surface area (TPSA) is 29.3 Å². The lowest BCUT2D eigenvalue weighted by Crippen LogP contribution is -2.31. The second-order valence-corrected chi connectivity index (χ2v) is 3.86. The van der Waals surface area contributed by atoms with Crippen molar-refractivity contribution in [2.24, 2.45) is 5.73 Å². The van der Waals surface area contributed by atoms with Crippen molar-refractivity contribution < 1.29 is 0 Å². The van der Waals surface area contributed by atoms with Gasteiger partial charge in [0.25, 0.3) is 0 Å². The van der Waals surface area contributed by atoms with E-state index in [2.05, 4.69) is 29.2 Å². The van der Waals surface area contributed by atoms with Crippen LogP contribution in [0.2, 0.25) is 0 Å². The molecule has 1 aromatic rings. The standard InChI is InChI=1S/C12H18N2/c13-8-4-10-14-9-3-6-11-5-1-2-7-12(11)14/h1-2,5,7H,3-4,6,8-10,13H2. The molecule has 0 amide bonds. The van der Waals surface area contributed by atoms with Crippen molar-refractivity contribution in [1.29, 1.82) is 0 Å². The first-order valence-corrected chi connectivity index (χ1v) is 5.45. The minimum absolute atomic E-state index is 0.790. The highest BCUT2D eigenvalue weighted by atomic mass is 15.1. The van der Waals surface area contributed by atoms with Crippen LogP contribution in [0.5, 0.6) is 0 Å². The summed E-state index contributed by atoms with van der Waals surface area (Å²) in [6.07, 6.45) is 3.60. The number of fused-ring (bicyclic) bond motifs is 1. The third-order valence-electron chi connectivity index (χ3n) is 2.84. The van der Waals surface area contributed by atoms with E-state index in [1.54, 1.807) is 0 Å². The quantitative estimate of drug-likeness (QED) is 0.787. The van der Waals surface area contributed by atoms with E-state index in [0.717, 1.165) is 19.5 Å². The lowest BCUT2D eigenvalue weighted by molar-refractivity contribution is 0.668.